The van der Waals surface area contributed by atoms with E-state index in [4.69, 9.17) is 19.3 Å². The maximum Gasteiger partial charge on any atom is 0.410 e. The molecule has 0 aromatic heterocycles. The van der Waals surface area contributed by atoms with Crippen LogP contribution in [0.15, 0.2) is 0 Å². The molecular formula is C14H27NO5. The van der Waals surface area contributed by atoms with Crippen molar-refractivity contribution in [3.05, 3.63) is 0 Å². The van der Waals surface area contributed by atoms with Gasteiger partial charge in [-0.1, -0.05) is 0 Å². The van der Waals surface area contributed by atoms with Crippen LogP contribution in [-0.4, -0.2) is 61.4 Å². The van der Waals surface area contributed by atoms with Crippen LogP contribution < -0.4 is 0 Å². The van der Waals surface area contributed by atoms with Gasteiger partial charge >= 0.3 is 6.09 Å². The molecule has 1 fully saturated rings. The minimum absolute atomic E-state index is 0.0761. The van der Waals surface area contributed by atoms with E-state index in [1.54, 1.807) is 12.0 Å². The lowest BCUT2D eigenvalue weighted by atomic mass is 9.93. The molecule has 0 unspecified atom stereocenters. The zero-order chi connectivity index (χ0) is 15.2. The smallest absolute Gasteiger partial charge is 0.410 e. The van der Waals surface area contributed by atoms with Crippen molar-refractivity contribution in [2.75, 3.05) is 33.6 Å². The Labute approximate surface area is 121 Å². The van der Waals surface area contributed by atoms with E-state index in [2.05, 4.69) is 0 Å². The van der Waals surface area contributed by atoms with Crippen molar-refractivity contribution in [2.24, 2.45) is 5.92 Å². The first-order valence-corrected chi connectivity index (χ1v) is 7.05. The van der Waals surface area contributed by atoms with Gasteiger partial charge in [-0.3, -0.25) is 0 Å². The standard InChI is InChI=1S/C14H27NO5/c1-14(2,3)20-13(17)15-8-11(5-6-16)7-12(9-15)19-10-18-4/h11-12,16H,5-10H2,1-4H3/t11-,12+/m1/s1. The number of carbonyl (C=O) groups excluding carboxylic acids is 1. The van der Waals surface area contributed by atoms with Gasteiger partial charge < -0.3 is 24.2 Å². The summed E-state index contributed by atoms with van der Waals surface area (Å²) in [5.74, 6) is 0.225. The Morgan fingerprint density at radius 3 is 2.60 bits per heavy atom. The minimum Gasteiger partial charge on any atom is -0.444 e. The van der Waals surface area contributed by atoms with E-state index >= 15 is 0 Å². The number of methoxy groups -OCH3 is 1. The van der Waals surface area contributed by atoms with Crippen molar-refractivity contribution in [2.45, 2.75) is 45.3 Å². The first-order valence-electron chi connectivity index (χ1n) is 7.05. The second kappa shape index (κ2) is 7.81. The molecule has 0 aromatic carbocycles. The molecule has 1 rings (SSSR count). The van der Waals surface area contributed by atoms with Gasteiger partial charge in [0.1, 0.15) is 12.4 Å². The number of amides is 1. The van der Waals surface area contributed by atoms with Crippen LogP contribution in [0.2, 0.25) is 0 Å². The number of piperidine rings is 1. The maximum atomic E-state index is 12.1. The number of aliphatic hydroxyl groups excluding tert-OH is 1. The number of rotatable bonds is 5. The molecular weight excluding hydrogens is 262 g/mol. The fourth-order valence-corrected chi connectivity index (χ4v) is 2.31. The van der Waals surface area contributed by atoms with Gasteiger partial charge in [0.15, 0.2) is 0 Å². The van der Waals surface area contributed by atoms with E-state index in [1.807, 2.05) is 20.8 Å². The summed E-state index contributed by atoms with van der Waals surface area (Å²) in [6, 6.07) is 0. The molecule has 118 valence electrons. The lowest BCUT2D eigenvalue weighted by Gasteiger charge is -2.38. The largest absolute Gasteiger partial charge is 0.444 e. The summed E-state index contributed by atoms with van der Waals surface area (Å²) in [5, 5.41) is 9.09. The topological polar surface area (TPSA) is 68.2 Å². The third-order valence-corrected chi connectivity index (χ3v) is 3.11. The van der Waals surface area contributed by atoms with Crippen molar-refractivity contribution in [3.63, 3.8) is 0 Å². The first kappa shape index (κ1) is 17.2. The predicted octanol–water partition coefficient (Wildman–Crippen LogP) is 1.61. The molecule has 1 heterocycles. The van der Waals surface area contributed by atoms with E-state index in [0.29, 0.717) is 19.5 Å². The van der Waals surface area contributed by atoms with Crippen molar-refractivity contribution >= 4 is 6.09 Å². The lowest BCUT2D eigenvalue weighted by molar-refractivity contribution is -0.102. The summed E-state index contributed by atoms with van der Waals surface area (Å²) in [6.45, 7) is 6.96. The number of likely N-dealkylation sites (tertiary alicyclic amines) is 1. The molecule has 0 spiro atoms. The molecule has 1 saturated heterocycles. The zero-order valence-electron chi connectivity index (χ0n) is 12.9. The Hall–Kier alpha value is -0.850. The van der Waals surface area contributed by atoms with Crippen LogP contribution in [0, 0.1) is 5.92 Å². The average molecular weight is 289 g/mol. The van der Waals surface area contributed by atoms with Gasteiger partial charge in [0, 0.05) is 20.3 Å². The molecule has 6 nitrogen and oxygen atoms in total. The van der Waals surface area contributed by atoms with E-state index < -0.39 is 5.60 Å². The highest BCUT2D eigenvalue weighted by Gasteiger charge is 2.32. The number of aliphatic hydroxyl groups is 1. The molecule has 1 amide bonds. The van der Waals surface area contributed by atoms with Crippen LogP contribution in [0.4, 0.5) is 4.79 Å². The third-order valence-electron chi connectivity index (χ3n) is 3.11. The van der Waals surface area contributed by atoms with Crippen molar-refractivity contribution in [3.8, 4) is 0 Å². The molecule has 0 aliphatic carbocycles. The number of nitrogens with zero attached hydrogens (tertiary/aromatic N) is 1. The lowest BCUT2D eigenvalue weighted by Crippen LogP contribution is -2.49. The van der Waals surface area contributed by atoms with Crippen molar-refractivity contribution in [1.29, 1.82) is 0 Å². The summed E-state index contributed by atoms with van der Waals surface area (Å²) in [7, 11) is 1.57. The third kappa shape index (κ3) is 6.07. The van der Waals surface area contributed by atoms with Crippen LogP contribution in [0.1, 0.15) is 33.6 Å². The van der Waals surface area contributed by atoms with E-state index in [0.717, 1.165) is 6.42 Å². The highest BCUT2D eigenvalue weighted by atomic mass is 16.7. The monoisotopic (exact) mass is 289 g/mol. The molecule has 1 N–H and O–H groups in total. The molecule has 6 heteroatoms. The quantitative estimate of drug-likeness (QED) is 0.779. The average Bonchev–Trinajstić information content (AvgIpc) is 2.34. The molecule has 20 heavy (non-hydrogen) atoms. The summed E-state index contributed by atoms with van der Waals surface area (Å²) in [5.41, 5.74) is -0.510. The number of hydrogen-bond donors (Lipinski definition) is 1. The van der Waals surface area contributed by atoms with Crippen LogP contribution >= 0.6 is 0 Å². The molecule has 2 atom stereocenters. The fourth-order valence-electron chi connectivity index (χ4n) is 2.31. The van der Waals surface area contributed by atoms with Crippen molar-refractivity contribution in [1.82, 2.24) is 4.90 Å². The van der Waals surface area contributed by atoms with Crippen LogP contribution in [0.3, 0.4) is 0 Å². The van der Waals surface area contributed by atoms with E-state index in [1.165, 1.54) is 0 Å². The highest BCUT2D eigenvalue weighted by Crippen LogP contribution is 2.23. The van der Waals surface area contributed by atoms with Gasteiger partial charge in [0.2, 0.25) is 0 Å². The molecule has 1 aliphatic heterocycles. The molecule has 0 saturated carbocycles. The molecule has 1 aliphatic rings. The second-order valence-electron chi connectivity index (χ2n) is 6.19. The predicted molar refractivity (Wildman–Crippen MR) is 74.4 cm³/mol. The van der Waals surface area contributed by atoms with Gasteiger partial charge in [0.25, 0.3) is 0 Å². The fraction of sp³-hybridized carbons (Fsp3) is 0.929. The first-order chi connectivity index (χ1) is 9.35. The Morgan fingerprint density at radius 1 is 1.35 bits per heavy atom. The highest BCUT2D eigenvalue weighted by molar-refractivity contribution is 5.68. The van der Waals surface area contributed by atoms with E-state index in [9.17, 15) is 4.79 Å². The van der Waals surface area contributed by atoms with Crippen LogP contribution in [0.25, 0.3) is 0 Å². The van der Waals surface area contributed by atoms with Gasteiger partial charge in [0.05, 0.1) is 12.6 Å². The minimum atomic E-state index is -0.510. The normalized spacial score (nSPS) is 23.8. The Kier molecular flexibility index (Phi) is 6.71. The Balaban J connectivity index is 2.61. The van der Waals surface area contributed by atoms with Gasteiger partial charge in [-0.05, 0) is 39.5 Å². The van der Waals surface area contributed by atoms with Gasteiger partial charge in [-0.25, -0.2) is 4.79 Å². The summed E-state index contributed by atoms with van der Waals surface area (Å²) < 4.78 is 15.9. The zero-order valence-corrected chi connectivity index (χ0v) is 12.9. The maximum absolute atomic E-state index is 12.1. The number of hydrogen-bond acceptors (Lipinski definition) is 5. The molecule has 0 radical (unpaired) electrons. The Bertz CT molecular complexity index is 302. The van der Waals surface area contributed by atoms with Crippen LogP contribution in [-0.2, 0) is 14.2 Å². The molecule has 0 aromatic rings. The van der Waals surface area contributed by atoms with Crippen molar-refractivity contribution < 1.29 is 24.1 Å². The van der Waals surface area contributed by atoms with Gasteiger partial charge in [-0.15, -0.1) is 0 Å². The van der Waals surface area contributed by atoms with Gasteiger partial charge in [-0.2, -0.15) is 0 Å². The summed E-state index contributed by atoms with van der Waals surface area (Å²) in [4.78, 5) is 13.8. The number of ether oxygens (including phenoxy) is 3. The van der Waals surface area contributed by atoms with Crippen LogP contribution in [0.5, 0.6) is 0 Å². The number of carbonyl (C=O) groups is 1. The summed E-state index contributed by atoms with van der Waals surface area (Å²) >= 11 is 0. The second-order valence-corrected chi connectivity index (χ2v) is 6.19. The molecule has 0 bridgehead atoms. The van der Waals surface area contributed by atoms with E-state index in [-0.39, 0.29) is 31.5 Å². The summed E-state index contributed by atoms with van der Waals surface area (Å²) in [6.07, 6.45) is 1.08. The SMILES string of the molecule is COCO[C@H]1C[C@@H](CCO)CN(C(=O)OC(C)(C)C)C1. The Morgan fingerprint density at radius 2 is 2.05 bits per heavy atom.